The summed E-state index contributed by atoms with van der Waals surface area (Å²) in [6, 6.07) is 15.4. The SMILES string of the molecule is N[C@@H](Cc1ccccc1)C(=O)Nc1csc2c1C(=O)c1ccccc1C2=O.O=C(O)C(F)(F)F. The second-order valence-corrected chi connectivity index (χ2v) is 8.03. The summed E-state index contributed by atoms with van der Waals surface area (Å²) in [6.07, 6.45) is -4.70. The number of nitrogens with one attached hydrogen (secondary N) is 1. The summed E-state index contributed by atoms with van der Waals surface area (Å²) in [5, 5.41) is 11.5. The highest BCUT2D eigenvalue weighted by molar-refractivity contribution is 7.13. The number of hydrogen-bond acceptors (Lipinski definition) is 6. The van der Waals surface area contributed by atoms with E-state index in [2.05, 4.69) is 5.32 Å². The van der Waals surface area contributed by atoms with Crippen molar-refractivity contribution in [2.45, 2.75) is 18.6 Å². The second-order valence-electron chi connectivity index (χ2n) is 7.15. The van der Waals surface area contributed by atoms with E-state index in [0.717, 1.165) is 16.9 Å². The number of hydrogen-bond donors (Lipinski definition) is 3. The Labute approximate surface area is 195 Å². The van der Waals surface area contributed by atoms with E-state index in [-0.39, 0.29) is 17.1 Å². The van der Waals surface area contributed by atoms with Crippen LogP contribution in [0.2, 0.25) is 0 Å². The van der Waals surface area contributed by atoms with Crippen molar-refractivity contribution in [3.05, 3.63) is 87.1 Å². The van der Waals surface area contributed by atoms with E-state index < -0.39 is 24.1 Å². The summed E-state index contributed by atoms with van der Waals surface area (Å²) in [6.45, 7) is 0. The molecule has 0 bridgehead atoms. The zero-order chi connectivity index (χ0) is 25.0. The van der Waals surface area contributed by atoms with Gasteiger partial charge in [-0.25, -0.2) is 4.79 Å². The molecule has 0 spiro atoms. The molecule has 0 aliphatic heterocycles. The molecule has 4 rings (SSSR count). The molecule has 0 unspecified atom stereocenters. The van der Waals surface area contributed by atoms with Crippen LogP contribution in [0.5, 0.6) is 0 Å². The van der Waals surface area contributed by atoms with Crippen LogP contribution in [0.25, 0.3) is 0 Å². The number of fused-ring (bicyclic) bond motifs is 2. The van der Waals surface area contributed by atoms with Crippen molar-refractivity contribution in [3.63, 3.8) is 0 Å². The van der Waals surface area contributed by atoms with Crippen LogP contribution in [0, 0.1) is 0 Å². The molecule has 1 atom stereocenters. The average Bonchev–Trinajstić information content (AvgIpc) is 3.22. The van der Waals surface area contributed by atoms with Crippen molar-refractivity contribution < 1.29 is 37.5 Å². The lowest BCUT2D eigenvalue weighted by atomic mass is 9.88. The highest BCUT2D eigenvalue weighted by Crippen LogP contribution is 2.36. The van der Waals surface area contributed by atoms with Gasteiger partial charge in [0, 0.05) is 16.5 Å². The number of carbonyl (C=O) groups excluding carboxylic acids is 3. The van der Waals surface area contributed by atoms with Crippen molar-refractivity contribution >= 4 is 40.5 Å². The minimum atomic E-state index is -5.08. The molecule has 1 heterocycles. The molecule has 0 saturated heterocycles. The molecule has 2 aromatic carbocycles. The van der Waals surface area contributed by atoms with Crippen LogP contribution in [-0.2, 0) is 16.0 Å². The van der Waals surface area contributed by atoms with Crippen LogP contribution >= 0.6 is 11.3 Å². The largest absolute Gasteiger partial charge is 0.490 e. The number of thiophene rings is 1. The summed E-state index contributed by atoms with van der Waals surface area (Å²) < 4.78 is 31.7. The Morgan fingerprint density at radius 2 is 1.50 bits per heavy atom. The minimum absolute atomic E-state index is 0.195. The number of anilines is 1. The number of nitrogens with two attached hydrogens (primary N) is 1. The predicted molar refractivity (Wildman–Crippen MR) is 118 cm³/mol. The van der Waals surface area contributed by atoms with E-state index in [4.69, 9.17) is 15.6 Å². The highest BCUT2D eigenvalue weighted by atomic mass is 32.1. The normalized spacial score (nSPS) is 13.2. The van der Waals surface area contributed by atoms with E-state index in [1.165, 1.54) is 0 Å². The minimum Gasteiger partial charge on any atom is -0.475 e. The quantitative estimate of drug-likeness (QED) is 0.401. The van der Waals surface area contributed by atoms with E-state index in [0.29, 0.717) is 28.1 Å². The predicted octanol–water partition coefficient (Wildman–Crippen LogP) is 3.67. The van der Waals surface area contributed by atoms with Gasteiger partial charge < -0.3 is 16.2 Å². The molecule has 4 N–H and O–H groups in total. The Hall–Kier alpha value is -3.83. The molecule has 0 radical (unpaired) electrons. The van der Waals surface area contributed by atoms with Crippen LogP contribution in [0.15, 0.2) is 60.0 Å². The van der Waals surface area contributed by atoms with Gasteiger partial charge in [-0.05, 0) is 12.0 Å². The summed E-state index contributed by atoms with van der Waals surface area (Å²) in [5.74, 6) is -3.60. The molecule has 34 heavy (non-hydrogen) atoms. The molecule has 1 amide bonds. The van der Waals surface area contributed by atoms with Crippen LogP contribution in [0.3, 0.4) is 0 Å². The van der Waals surface area contributed by atoms with Crippen molar-refractivity contribution in [3.8, 4) is 0 Å². The number of benzene rings is 2. The molecule has 1 aliphatic rings. The fourth-order valence-corrected chi connectivity index (χ4v) is 4.11. The van der Waals surface area contributed by atoms with Crippen molar-refractivity contribution in [1.82, 2.24) is 0 Å². The maximum absolute atomic E-state index is 12.8. The molecule has 0 saturated carbocycles. The number of carboxylic acids is 1. The Morgan fingerprint density at radius 1 is 0.971 bits per heavy atom. The Morgan fingerprint density at radius 3 is 2.06 bits per heavy atom. The first-order valence-electron chi connectivity index (χ1n) is 9.71. The highest BCUT2D eigenvalue weighted by Gasteiger charge is 2.38. The Bertz CT molecular complexity index is 1250. The number of alkyl halides is 3. The van der Waals surface area contributed by atoms with Crippen LogP contribution < -0.4 is 11.1 Å². The van der Waals surface area contributed by atoms with Crippen molar-refractivity contribution in [2.75, 3.05) is 5.32 Å². The number of amides is 1. The lowest BCUT2D eigenvalue weighted by molar-refractivity contribution is -0.192. The van der Waals surface area contributed by atoms with Crippen molar-refractivity contribution in [2.24, 2.45) is 5.73 Å². The molecule has 3 aromatic rings. The summed E-state index contributed by atoms with van der Waals surface area (Å²) in [5.41, 5.74) is 8.33. The van der Waals surface area contributed by atoms with Gasteiger partial charge in [-0.2, -0.15) is 13.2 Å². The number of halogens is 3. The van der Waals surface area contributed by atoms with E-state index in [9.17, 15) is 27.6 Å². The van der Waals surface area contributed by atoms with Gasteiger partial charge >= 0.3 is 12.1 Å². The molecule has 1 aromatic heterocycles. The summed E-state index contributed by atoms with van der Waals surface area (Å²) in [4.78, 5) is 47.3. The van der Waals surface area contributed by atoms with Gasteiger partial charge in [-0.15, -0.1) is 11.3 Å². The van der Waals surface area contributed by atoms with E-state index in [1.54, 1.807) is 29.6 Å². The number of ketones is 2. The van der Waals surface area contributed by atoms with Gasteiger partial charge in [0.05, 0.1) is 22.2 Å². The molecular weight excluding hydrogens is 473 g/mol. The van der Waals surface area contributed by atoms with Crippen LogP contribution in [0.1, 0.15) is 36.7 Å². The second kappa shape index (κ2) is 9.98. The van der Waals surface area contributed by atoms with Gasteiger partial charge in [0.25, 0.3) is 0 Å². The van der Waals surface area contributed by atoms with Gasteiger partial charge in [0.1, 0.15) is 0 Å². The van der Waals surface area contributed by atoms with Crippen molar-refractivity contribution in [1.29, 1.82) is 0 Å². The summed E-state index contributed by atoms with van der Waals surface area (Å²) in [7, 11) is 0. The first-order chi connectivity index (χ1) is 16.0. The van der Waals surface area contributed by atoms with Gasteiger partial charge in [-0.3, -0.25) is 14.4 Å². The average molecular weight is 490 g/mol. The lowest BCUT2D eigenvalue weighted by Gasteiger charge is -2.16. The number of aliphatic carboxylic acids is 1. The zero-order valence-corrected chi connectivity index (χ0v) is 18.1. The molecule has 1 aliphatic carbocycles. The fraction of sp³-hybridized carbons (Fsp3) is 0.130. The van der Waals surface area contributed by atoms with Crippen LogP contribution in [-0.4, -0.2) is 40.8 Å². The third-order valence-corrected chi connectivity index (χ3v) is 5.75. The molecule has 11 heteroatoms. The van der Waals surface area contributed by atoms with Gasteiger partial charge in [0.15, 0.2) is 5.78 Å². The molecule has 7 nitrogen and oxygen atoms in total. The third kappa shape index (κ3) is 5.38. The van der Waals surface area contributed by atoms with Gasteiger partial charge in [-0.1, -0.05) is 54.6 Å². The Balaban J connectivity index is 0.000000406. The Kier molecular flexibility index (Phi) is 7.28. The maximum atomic E-state index is 12.8. The lowest BCUT2D eigenvalue weighted by Crippen LogP contribution is -2.37. The summed E-state index contributed by atoms with van der Waals surface area (Å²) >= 11 is 1.16. The zero-order valence-electron chi connectivity index (χ0n) is 17.3. The molecular formula is C23H17F3N2O5S. The first-order valence-corrected chi connectivity index (χ1v) is 10.6. The number of carbonyl (C=O) groups is 4. The first kappa shape index (κ1) is 24.8. The van der Waals surface area contributed by atoms with Gasteiger partial charge in [0.2, 0.25) is 11.7 Å². The maximum Gasteiger partial charge on any atom is 0.490 e. The number of carboxylic acid groups (broad SMARTS) is 1. The standard InChI is InChI=1S/C21H16N2O3S.C2HF3O2/c22-15(10-12-6-2-1-3-7-12)21(26)23-16-11-27-20-17(16)18(24)13-8-4-5-9-14(13)19(20)25;3-2(4,5)1(6)7/h1-9,11,15H,10,22H2,(H,23,26);(H,6,7)/t15-;/m0./s1. The third-order valence-electron chi connectivity index (χ3n) is 4.78. The smallest absolute Gasteiger partial charge is 0.475 e. The van der Waals surface area contributed by atoms with Crippen LogP contribution in [0.4, 0.5) is 18.9 Å². The van der Waals surface area contributed by atoms with E-state index >= 15 is 0 Å². The number of rotatable bonds is 4. The monoisotopic (exact) mass is 490 g/mol. The molecule has 176 valence electrons. The fourth-order valence-electron chi connectivity index (χ4n) is 3.16. The van der Waals surface area contributed by atoms with E-state index in [1.807, 2.05) is 30.3 Å². The topological polar surface area (TPSA) is 127 Å². The molecule has 0 fully saturated rings.